The Morgan fingerprint density at radius 2 is 1.72 bits per heavy atom. The largest absolute Gasteiger partial charge is 0.493 e. The SMILES string of the molecule is COc1cc(NC(=O)c2ccc3c(c2)OCO3)c(C(N)=O)cc1OC. The highest BCUT2D eigenvalue weighted by Crippen LogP contribution is 2.35. The van der Waals surface area contributed by atoms with Gasteiger partial charge in [0, 0.05) is 11.6 Å². The maximum Gasteiger partial charge on any atom is 0.255 e. The number of hydrogen-bond donors (Lipinski definition) is 2. The van der Waals surface area contributed by atoms with E-state index in [9.17, 15) is 9.59 Å². The van der Waals surface area contributed by atoms with Crippen molar-refractivity contribution < 1.29 is 28.5 Å². The Hall–Kier alpha value is -3.42. The fraction of sp³-hybridized carbons (Fsp3) is 0.176. The highest BCUT2D eigenvalue weighted by atomic mass is 16.7. The minimum atomic E-state index is -0.707. The zero-order valence-electron chi connectivity index (χ0n) is 13.6. The maximum absolute atomic E-state index is 12.5. The third kappa shape index (κ3) is 3.14. The fourth-order valence-corrected chi connectivity index (χ4v) is 2.42. The lowest BCUT2D eigenvalue weighted by molar-refractivity contribution is 0.100. The highest BCUT2D eigenvalue weighted by molar-refractivity contribution is 6.09. The number of nitrogens with one attached hydrogen (secondary N) is 1. The third-order valence-electron chi connectivity index (χ3n) is 3.67. The Bertz CT molecular complexity index is 849. The van der Waals surface area contributed by atoms with E-state index < -0.39 is 11.8 Å². The molecule has 0 saturated carbocycles. The smallest absolute Gasteiger partial charge is 0.255 e. The number of benzene rings is 2. The third-order valence-corrected chi connectivity index (χ3v) is 3.67. The average Bonchev–Trinajstić information content (AvgIpc) is 3.08. The molecule has 2 aromatic rings. The van der Waals surface area contributed by atoms with Gasteiger partial charge in [0.1, 0.15) is 0 Å². The predicted octanol–water partition coefficient (Wildman–Crippen LogP) is 1.78. The second kappa shape index (κ2) is 6.60. The number of anilines is 1. The van der Waals surface area contributed by atoms with Gasteiger partial charge < -0.3 is 30.0 Å². The number of rotatable bonds is 5. The Morgan fingerprint density at radius 1 is 1.04 bits per heavy atom. The van der Waals surface area contributed by atoms with Crippen LogP contribution in [0.1, 0.15) is 20.7 Å². The molecule has 0 spiro atoms. The van der Waals surface area contributed by atoms with Crippen molar-refractivity contribution in [3.8, 4) is 23.0 Å². The van der Waals surface area contributed by atoms with Crippen molar-refractivity contribution in [3.05, 3.63) is 41.5 Å². The van der Waals surface area contributed by atoms with E-state index in [4.69, 9.17) is 24.7 Å². The van der Waals surface area contributed by atoms with Crippen molar-refractivity contribution in [1.29, 1.82) is 0 Å². The molecule has 8 heteroatoms. The van der Waals surface area contributed by atoms with Gasteiger partial charge in [-0.05, 0) is 24.3 Å². The molecule has 0 aliphatic carbocycles. The van der Waals surface area contributed by atoms with Crippen LogP contribution in [0.4, 0.5) is 5.69 Å². The molecule has 3 rings (SSSR count). The first-order chi connectivity index (χ1) is 12.0. The summed E-state index contributed by atoms with van der Waals surface area (Å²) in [6.07, 6.45) is 0. The normalized spacial score (nSPS) is 11.8. The lowest BCUT2D eigenvalue weighted by Gasteiger charge is -2.14. The molecule has 0 fully saturated rings. The van der Waals surface area contributed by atoms with Crippen molar-refractivity contribution >= 4 is 17.5 Å². The van der Waals surface area contributed by atoms with Crippen LogP contribution in [0.5, 0.6) is 23.0 Å². The lowest BCUT2D eigenvalue weighted by atomic mass is 10.1. The minimum Gasteiger partial charge on any atom is -0.493 e. The number of amides is 2. The van der Waals surface area contributed by atoms with Gasteiger partial charge in [0.05, 0.1) is 25.5 Å². The van der Waals surface area contributed by atoms with Crippen molar-refractivity contribution in [2.45, 2.75) is 0 Å². The minimum absolute atomic E-state index is 0.103. The highest BCUT2D eigenvalue weighted by Gasteiger charge is 2.20. The van der Waals surface area contributed by atoms with Crippen molar-refractivity contribution in [1.82, 2.24) is 0 Å². The number of primary amides is 1. The monoisotopic (exact) mass is 344 g/mol. The van der Waals surface area contributed by atoms with Gasteiger partial charge in [-0.25, -0.2) is 0 Å². The van der Waals surface area contributed by atoms with Crippen molar-refractivity contribution in [2.24, 2.45) is 5.73 Å². The number of methoxy groups -OCH3 is 2. The zero-order chi connectivity index (χ0) is 18.0. The van der Waals surface area contributed by atoms with E-state index in [0.717, 1.165) is 0 Å². The van der Waals surface area contributed by atoms with Crippen molar-refractivity contribution in [2.75, 3.05) is 26.3 Å². The first kappa shape index (κ1) is 16.4. The Labute approximate surface area is 143 Å². The summed E-state index contributed by atoms with van der Waals surface area (Å²) in [5, 5.41) is 2.65. The molecular weight excluding hydrogens is 328 g/mol. The first-order valence-corrected chi connectivity index (χ1v) is 7.30. The molecule has 1 heterocycles. The average molecular weight is 344 g/mol. The summed E-state index contributed by atoms with van der Waals surface area (Å²) in [5.41, 5.74) is 6.06. The summed E-state index contributed by atoms with van der Waals surface area (Å²) < 4.78 is 20.8. The standard InChI is InChI=1S/C17H16N2O6/c1-22-13-6-10(16(18)20)11(7-14(13)23-2)19-17(21)9-3-4-12-15(5-9)25-8-24-12/h3-7H,8H2,1-2H3,(H2,18,20)(H,19,21). The molecule has 0 saturated heterocycles. The summed E-state index contributed by atoms with van der Waals surface area (Å²) in [4.78, 5) is 24.2. The summed E-state index contributed by atoms with van der Waals surface area (Å²) in [6.45, 7) is 0.113. The topological polar surface area (TPSA) is 109 Å². The maximum atomic E-state index is 12.5. The number of ether oxygens (including phenoxy) is 4. The number of carbonyl (C=O) groups is 2. The molecule has 1 aliphatic rings. The Balaban J connectivity index is 1.93. The van der Waals surface area contributed by atoms with Gasteiger partial charge in [-0.3, -0.25) is 9.59 Å². The Kier molecular flexibility index (Phi) is 4.34. The summed E-state index contributed by atoms with van der Waals surface area (Å²) >= 11 is 0. The summed E-state index contributed by atoms with van der Waals surface area (Å²) in [7, 11) is 2.89. The van der Waals surface area contributed by atoms with E-state index >= 15 is 0 Å². The van der Waals surface area contributed by atoms with Gasteiger partial charge in [-0.2, -0.15) is 0 Å². The molecule has 0 aromatic heterocycles. The summed E-state index contributed by atoms with van der Waals surface area (Å²) in [5.74, 6) is 0.594. The molecule has 8 nitrogen and oxygen atoms in total. The number of fused-ring (bicyclic) bond motifs is 1. The number of carbonyl (C=O) groups excluding carboxylic acids is 2. The molecule has 2 amide bonds. The molecule has 0 atom stereocenters. The molecule has 1 aliphatic heterocycles. The molecule has 0 radical (unpaired) electrons. The van der Waals surface area contributed by atoms with Gasteiger partial charge in [-0.15, -0.1) is 0 Å². The molecule has 25 heavy (non-hydrogen) atoms. The Morgan fingerprint density at radius 3 is 2.40 bits per heavy atom. The van der Waals surface area contributed by atoms with E-state index in [1.165, 1.54) is 26.4 Å². The van der Waals surface area contributed by atoms with E-state index in [1.807, 2.05) is 0 Å². The van der Waals surface area contributed by atoms with Crippen molar-refractivity contribution in [3.63, 3.8) is 0 Å². The van der Waals surface area contributed by atoms with Gasteiger partial charge >= 0.3 is 0 Å². The molecule has 2 aromatic carbocycles. The van der Waals surface area contributed by atoms with Gasteiger partial charge in [0.2, 0.25) is 6.79 Å². The molecular formula is C17H16N2O6. The molecule has 0 unspecified atom stereocenters. The number of hydrogen-bond acceptors (Lipinski definition) is 6. The quantitative estimate of drug-likeness (QED) is 0.856. The van der Waals surface area contributed by atoms with Crippen LogP contribution in [-0.2, 0) is 0 Å². The number of nitrogens with two attached hydrogens (primary N) is 1. The molecule has 130 valence electrons. The van der Waals surface area contributed by atoms with Crippen LogP contribution in [0, 0.1) is 0 Å². The van der Waals surface area contributed by atoms with Crippen LogP contribution < -0.4 is 30.0 Å². The van der Waals surface area contributed by atoms with Crippen LogP contribution >= 0.6 is 0 Å². The van der Waals surface area contributed by atoms with E-state index in [0.29, 0.717) is 28.6 Å². The van der Waals surface area contributed by atoms with Crippen LogP contribution in [0.25, 0.3) is 0 Å². The fourth-order valence-electron chi connectivity index (χ4n) is 2.42. The van der Waals surface area contributed by atoms with Gasteiger partial charge in [0.15, 0.2) is 23.0 Å². The van der Waals surface area contributed by atoms with Crippen LogP contribution in [-0.4, -0.2) is 32.8 Å². The van der Waals surface area contributed by atoms with Gasteiger partial charge in [0.25, 0.3) is 11.8 Å². The van der Waals surface area contributed by atoms with Gasteiger partial charge in [-0.1, -0.05) is 0 Å². The summed E-state index contributed by atoms with van der Waals surface area (Å²) in [6, 6.07) is 7.68. The first-order valence-electron chi connectivity index (χ1n) is 7.30. The second-order valence-corrected chi connectivity index (χ2v) is 5.14. The zero-order valence-corrected chi connectivity index (χ0v) is 13.6. The lowest BCUT2D eigenvalue weighted by Crippen LogP contribution is -2.18. The van der Waals surface area contributed by atoms with E-state index in [2.05, 4.69) is 5.32 Å². The van der Waals surface area contributed by atoms with Crippen LogP contribution in [0.3, 0.4) is 0 Å². The van der Waals surface area contributed by atoms with E-state index in [1.54, 1.807) is 18.2 Å². The molecule has 0 bridgehead atoms. The van der Waals surface area contributed by atoms with Crippen LogP contribution in [0.15, 0.2) is 30.3 Å². The van der Waals surface area contributed by atoms with E-state index in [-0.39, 0.29) is 18.0 Å². The second-order valence-electron chi connectivity index (χ2n) is 5.14. The van der Waals surface area contributed by atoms with Crippen LogP contribution in [0.2, 0.25) is 0 Å². The molecule has 3 N–H and O–H groups in total. The predicted molar refractivity (Wildman–Crippen MR) is 88.6 cm³/mol.